The number of hydrogen-bond donors (Lipinski definition) is 0. The van der Waals surface area contributed by atoms with Crippen LogP contribution in [0.3, 0.4) is 0 Å². The highest BCUT2D eigenvalue weighted by atomic mass is 16.7. The maximum atomic E-state index is 12.0. The highest BCUT2D eigenvalue weighted by molar-refractivity contribution is 5.69. The molecule has 6 unspecified atom stereocenters. The fourth-order valence-electron chi connectivity index (χ4n) is 10.4. The molecule has 0 aromatic rings. The van der Waals surface area contributed by atoms with E-state index in [0.717, 1.165) is 58.2 Å². The molecule has 2 aliphatic heterocycles. The highest BCUT2D eigenvalue weighted by Crippen LogP contribution is 2.65. The number of carbonyl (C=O) groups is 1. The van der Waals surface area contributed by atoms with E-state index in [2.05, 4.69) is 27.7 Å². The topological polar surface area (TPSA) is 63.2 Å². The van der Waals surface area contributed by atoms with Gasteiger partial charge in [0, 0.05) is 19.6 Å². The summed E-state index contributed by atoms with van der Waals surface area (Å²) in [6, 6.07) is 0. The number of rotatable bonds is 11. The molecule has 2 saturated heterocycles. The molecule has 42 heavy (non-hydrogen) atoms. The number of fused-ring (bicyclic) bond motifs is 1. The van der Waals surface area contributed by atoms with Crippen LogP contribution >= 0.6 is 0 Å². The average Bonchev–Trinajstić information content (AvgIpc) is 3.37. The van der Waals surface area contributed by atoms with Gasteiger partial charge in [-0.05, 0) is 143 Å². The van der Waals surface area contributed by atoms with E-state index >= 15 is 0 Å². The zero-order valence-corrected chi connectivity index (χ0v) is 27.6. The SMILES string of the molecule is CC[C@@H](OC1CCCCO1)C1C2CCC([C@H](C)CCC(=O)OC)[C@@]2(C)CCC1[C@]1(C)CC[C@H](OC2CCCCO2)CC1. The first-order valence-electron chi connectivity index (χ1n) is 17.9. The van der Waals surface area contributed by atoms with Crippen molar-refractivity contribution in [2.45, 2.75) is 162 Å². The Morgan fingerprint density at radius 2 is 1.55 bits per heavy atom. The molecule has 5 rings (SSSR count). The number of carbonyl (C=O) groups excluding carboxylic acids is 1. The van der Waals surface area contributed by atoms with E-state index in [1.54, 1.807) is 0 Å². The molecule has 242 valence electrons. The Morgan fingerprint density at radius 1 is 0.857 bits per heavy atom. The van der Waals surface area contributed by atoms with Crippen molar-refractivity contribution in [1.82, 2.24) is 0 Å². The van der Waals surface area contributed by atoms with Crippen LogP contribution in [0.15, 0.2) is 0 Å². The van der Waals surface area contributed by atoms with E-state index in [1.165, 1.54) is 64.9 Å². The smallest absolute Gasteiger partial charge is 0.305 e. The summed E-state index contributed by atoms with van der Waals surface area (Å²) in [7, 11) is 1.51. The van der Waals surface area contributed by atoms with Crippen molar-refractivity contribution in [2.24, 2.45) is 40.4 Å². The van der Waals surface area contributed by atoms with Crippen LogP contribution in [0.5, 0.6) is 0 Å². The zero-order chi connectivity index (χ0) is 29.7. The van der Waals surface area contributed by atoms with E-state index in [1.807, 2.05) is 0 Å². The van der Waals surface area contributed by atoms with Gasteiger partial charge in [0.05, 0.1) is 19.3 Å². The summed E-state index contributed by atoms with van der Waals surface area (Å²) in [5, 5.41) is 0. The number of ether oxygens (including phenoxy) is 5. The van der Waals surface area contributed by atoms with Crippen LogP contribution < -0.4 is 0 Å². The first-order chi connectivity index (χ1) is 20.3. The molecule has 2 heterocycles. The zero-order valence-electron chi connectivity index (χ0n) is 27.6. The molecule has 3 aliphatic carbocycles. The molecule has 6 heteroatoms. The standard InChI is InChI=1S/C36H62O6/c1-6-30(42-33-12-8-10-24-40-33)34-28(35(3)20-17-26(18-21-35)41-32-11-7-9-23-39-32)19-22-36(4)27(14-15-29(34)36)25(2)13-16-31(37)38-5/h25-30,32-34H,6-24H2,1-5H3/t25-,26-,27?,28?,29?,30-,32?,33?,34?,35+,36-/m1/s1. The van der Waals surface area contributed by atoms with Gasteiger partial charge in [-0.15, -0.1) is 0 Å². The summed E-state index contributed by atoms with van der Waals surface area (Å²) in [5.74, 6) is 3.01. The number of hydrogen-bond acceptors (Lipinski definition) is 6. The van der Waals surface area contributed by atoms with Gasteiger partial charge in [0.2, 0.25) is 0 Å². The van der Waals surface area contributed by atoms with E-state index in [4.69, 9.17) is 23.7 Å². The van der Waals surface area contributed by atoms with Crippen LogP contribution in [-0.4, -0.2) is 51.1 Å². The van der Waals surface area contributed by atoms with Crippen molar-refractivity contribution in [3.05, 3.63) is 0 Å². The van der Waals surface area contributed by atoms with Crippen molar-refractivity contribution < 1.29 is 28.5 Å². The first-order valence-corrected chi connectivity index (χ1v) is 17.9. The molecule has 3 saturated carbocycles. The van der Waals surface area contributed by atoms with Crippen LogP contribution in [0.1, 0.15) is 137 Å². The third kappa shape index (κ3) is 7.23. The van der Waals surface area contributed by atoms with Crippen LogP contribution in [0.2, 0.25) is 0 Å². The summed E-state index contributed by atoms with van der Waals surface area (Å²) >= 11 is 0. The normalized spacial score (nSPS) is 42.5. The summed E-state index contributed by atoms with van der Waals surface area (Å²) in [4.78, 5) is 12.0. The maximum absolute atomic E-state index is 12.0. The molecule has 0 N–H and O–H groups in total. The highest BCUT2D eigenvalue weighted by Gasteiger charge is 2.59. The third-order valence-electron chi connectivity index (χ3n) is 12.9. The third-order valence-corrected chi connectivity index (χ3v) is 12.9. The Hall–Kier alpha value is -0.690. The molecule has 0 aromatic carbocycles. The minimum atomic E-state index is -0.0716. The summed E-state index contributed by atoms with van der Waals surface area (Å²) in [6.07, 6.45) is 19.9. The van der Waals surface area contributed by atoms with Gasteiger partial charge in [-0.2, -0.15) is 0 Å². The van der Waals surface area contributed by atoms with Crippen molar-refractivity contribution in [2.75, 3.05) is 20.3 Å². The van der Waals surface area contributed by atoms with Gasteiger partial charge < -0.3 is 23.7 Å². The second-order valence-electron chi connectivity index (χ2n) is 15.3. The molecule has 6 nitrogen and oxygen atoms in total. The van der Waals surface area contributed by atoms with Crippen LogP contribution in [0.4, 0.5) is 0 Å². The van der Waals surface area contributed by atoms with Gasteiger partial charge in [0.25, 0.3) is 0 Å². The monoisotopic (exact) mass is 590 g/mol. The van der Waals surface area contributed by atoms with E-state index in [0.29, 0.717) is 52.9 Å². The lowest BCUT2D eigenvalue weighted by Crippen LogP contribution is -2.53. The van der Waals surface area contributed by atoms with Crippen LogP contribution in [0, 0.1) is 40.4 Å². The molecule has 0 bridgehead atoms. The van der Waals surface area contributed by atoms with Crippen molar-refractivity contribution in [1.29, 1.82) is 0 Å². The molecular formula is C36H62O6. The summed E-state index contributed by atoms with van der Waals surface area (Å²) < 4.78 is 30.6. The lowest BCUT2D eigenvalue weighted by Gasteiger charge is -2.57. The Morgan fingerprint density at radius 3 is 2.17 bits per heavy atom. The molecular weight excluding hydrogens is 528 g/mol. The molecule has 0 amide bonds. The minimum absolute atomic E-state index is 0.0150. The van der Waals surface area contributed by atoms with Crippen molar-refractivity contribution >= 4 is 5.97 Å². The lowest BCUT2D eigenvalue weighted by molar-refractivity contribution is -0.226. The van der Waals surface area contributed by atoms with Crippen LogP contribution in [0.25, 0.3) is 0 Å². The molecule has 0 aromatic heterocycles. The van der Waals surface area contributed by atoms with Gasteiger partial charge in [0.15, 0.2) is 12.6 Å². The predicted molar refractivity (Wildman–Crippen MR) is 165 cm³/mol. The minimum Gasteiger partial charge on any atom is -0.469 e. The van der Waals surface area contributed by atoms with Crippen LogP contribution in [-0.2, 0) is 28.5 Å². The summed E-state index contributed by atoms with van der Waals surface area (Å²) in [6.45, 7) is 11.6. The van der Waals surface area contributed by atoms with E-state index in [-0.39, 0.29) is 24.7 Å². The second kappa shape index (κ2) is 14.6. The fraction of sp³-hybridized carbons (Fsp3) is 0.972. The largest absolute Gasteiger partial charge is 0.469 e. The van der Waals surface area contributed by atoms with Gasteiger partial charge in [-0.1, -0.05) is 27.7 Å². The van der Waals surface area contributed by atoms with E-state index in [9.17, 15) is 4.79 Å². The van der Waals surface area contributed by atoms with Gasteiger partial charge >= 0.3 is 5.97 Å². The molecule has 0 spiro atoms. The lowest BCUT2D eigenvalue weighted by atomic mass is 9.49. The van der Waals surface area contributed by atoms with Gasteiger partial charge in [0.1, 0.15) is 0 Å². The first kappa shape index (κ1) is 32.7. The Kier molecular flexibility index (Phi) is 11.4. The Bertz CT molecular complexity index is 842. The molecule has 9 atom stereocenters. The molecule has 5 aliphatic rings. The van der Waals surface area contributed by atoms with Gasteiger partial charge in [-0.3, -0.25) is 4.79 Å². The van der Waals surface area contributed by atoms with Gasteiger partial charge in [-0.25, -0.2) is 0 Å². The maximum Gasteiger partial charge on any atom is 0.305 e. The quantitative estimate of drug-likeness (QED) is 0.225. The number of methoxy groups -OCH3 is 1. The Labute approximate surface area is 256 Å². The average molecular weight is 591 g/mol. The molecule has 0 radical (unpaired) electrons. The predicted octanol–water partition coefficient (Wildman–Crippen LogP) is 8.45. The van der Waals surface area contributed by atoms with E-state index < -0.39 is 0 Å². The molecule has 5 fully saturated rings. The Balaban J connectivity index is 1.33. The van der Waals surface area contributed by atoms with Crippen molar-refractivity contribution in [3.8, 4) is 0 Å². The van der Waals surface area contributed by atoms with Crippen molar-refractivity contribution in [3.63, 3.8) is 0 Å². The fourth-order valence-corrected chi connectivity index (χ4v) is 10.4. The second-order valence-corrected chi connectivity index (χ2v) is 15.3. The summed E-state index contributed by atoms with van der Waals surface area (Å²) in [5.41, 5.74) is 0.619. The number of esters is 1.